The van der Waals surface area contributed by atoms with Gasteiger partial charge in [0, 0.05) is 13.1 Å². The number of hydrogen-bond acceptors (Lipinski definition) is 5. The molecular weight excluding hydrogens is 442 g/mol. The molecule has 1 aliphatic heterocycles. The van der Waals surface area contributed by atoms with E-state index in [0.717, 1.165) is 19.6 Å². The molecule has 1 saturated heterocycles. The Hall–Kier alpha value is -3.11. The minimum atomic E-state index is -3.97. The molecule has 0 spiro atoms. The molecule has 9 nitrogen and oxygen atoms in total. The predicted octanol–water partition coefficient (Wildman–Crippen LogP) is 2.51. The zero-order valence-electron chi connectivity index (χ0n) is 18.6. The third kappa shape index (κ3) is 5.63. The van der Waals surface area contributed by atoms with Crippen LogP contribution in [-0.4, -0.2) is 55.4 Å². The number of likely N-dealkylation sites (tertiary alicyclic amines) is 1. The first-order chi connectivity index (χ1) is 15.8. The lowest BCUT2D eigenvalue weighted by molar-refractivity contribution is 0.0943. The molecule has 33 heavy (non-hydrogen) atoms. The minimum Gasteiger partial charge on any atom is -0.352 e. The van der Waals surface area contributed by atoms with Gasteiger partial charge in [0.25, 0.3) is 15.9 Å². The summed E-state index contributed by atoms with van der Waals surface area (Å²) >= 11 is 0. The number of nitrogens with zero attached hydrogens (tertiary/aromatic N) is 1. The van der Waals surface area contributed by atoms with Crippen LogP contribution in [0.2, 0.25) is 0 Å². The maximum Gasteiger partial charge on any atom is 0.323 e. The highest BCUT2D eigenvalue weighted by Crippen LogP contribution is 2.22. The maximum atomic E-state index is 13.0. The van der Waals surface area contributed by atoms with Crippen molar-refractivity contribution in [3.63, 3.8) is 0 Å². The average Bonchev–Trinajstić information content (AvgIpc) is 3.17. The van der Waals surface area contributed by atoms with E-state index in [4.69, 9.17) is 0 Å². The van der Waals surface area contributed by atoms with Gasteiger partial charge >= 0.3 is 5.69 Å². The van der Waals surface area contributed by atoms with Crippen molar-refractivity contribution < 1.29 is 13.2 Å². The van der Waals surface area contributed by atoms with Gasteiger partial charge < -0.3 is 20.2 Å². The Balaban J connectivity index is 1.44. The molecule has 2 aromatic carbocycles. The molecule has 0 radical (unpaired) electrons. The number of rotatable bonds is 8. The van der Waals surface area contributed by atoms with E-state index in [9.17, 15) is 18.0 Å². The summed E-state index contributed by atoms with van der Waals surface area (Å²) in [5.41, 5.74) is 0.932. The molecule has 4 rings (SSSR count). The summed E-state index contributed by atoms with van der Waals surface area (Å²) in [6.07, 6.45) is 3.73. The van der Waals surface area contributed by atoms with Crippen LogP contribution in [0.15, 0.2) is 52.2 Å². The Morgan fingerprint density at radius 2 is 1.79 bits per heavy atom. The molecule has 176 valence electrons. The van der Waals surface area contributed by atoms with Crippen molar-refractivity contribution in [2.24, 2.45) is 5.92 Å². The van der Waals surface area contributed by atoms with Gasteiger partial charge in [0.2, 0.25) is 0 Å². The molecule has 1 fully saturated rings. The third-order valence-corrected chi connectivity index (χ3v) is 7.21. The number of carbonyl (C=O) groups is 1. The highest BCUT2D eigenvalue weighted by molar-refractivity contribution is 7.92. The Bertz CT molecular complexity index is 1290. The maximum absolute atomic E-state index is 13.0. The van der Waals surface area contributed by atoms with Gasteiger partial charge in [-0.25, -0.2) is 13.2 Å². The fourth-order valence-electron chi connectivity index (χ4n) is 4.16. The van der Waals surface area contributed by atoms with E-state index >= 15 is 0 Å². The van der Waals surface area contributed by atoms with E-state index in [2.05, 4.69) is 31.8 Å². The fraction of sp³-hybridized carbons (Fsp3) is 0.391. The van der Waals surface area contributed by atoms with Crippen molar-refractivity contribution >= 4 is 32.7 Å². The fourth-order valence-corrected chi connectivity index (χ4v) is 5.27. The van der Waals surface area contributed by atoms with Crippen LogP contribution in [-0.2, 0) is 10.0 Å². The molecule has 10 heteroatoms. The SMILES string of the molecule is CC(CNC(=O)c1ccccc1NS(=O)(=O)c1ccc2[nH]c(=O)[nH]c2c1)CN1CCCCC1. The van der Waals surface area contributed by atoms with Crippen molar-refractivity contribution in [3.8, 4) is 0 Å². The molecule has 1 amide bonds. The van der Waals surface area contributed by atoms with Crippen molar-refractivity contribution in [2.75, 3.05) is 30.9 Å². The number of aromatic nitrogens is 2. The monoisotopic (exact) mass is 471 g/mol. The number of nitrogens with one attached hydrogen (secondary N) is 4. The first-order valence-corrected chi connectivity index (χ1v) is 12.6. The van der Waals surface area contributed by atoms with Gasteiger partial charge in [-0.15, -0.1) is 0 Å². The second-order valence-corrected chi connectivity index (χ2v) is 10.3. The summed E-state index contributed by atoms with van der Waals surface area (Å²) in [6.45, 7) is 5.74. The number of piperidine rings is 1. The summed E-state index contributed by atoms with van der Waals surface area (Å²) in [7, 11) is -3.97. The lowest BCUT2D eigenvalue weighted by Crippen LogP contribution is -2.38. The highest BCUT2D eigenvalue weighted by Gasteiger charge is 2.20. The van der Waals surface area contributed by atoms with E-state index < -0.39 is 15.7 Å². The molecular formula is C23H29N5O4S. The van der Waals surface area contributed by atoms with Crippen LogP contribution in [0, 0.1) is 5.92 Å². The molecule has 2 heterocycles. The van der Waals surface area contributed by atoms with Gasteiger partial charge in [0.1, 0.15) is 0 Å². The number of sulfonamides is 1. The predicted molar refractivity (Wildman–Crippen MR) is 128 cm³/mol. The third-order valence-electron chi connectivity index (χ3n) is 5.84. The van der Waals surface area contributed by atoms with Crippen molar-refractivity contribution in [1.82, 2.24) is 20.2 Å². The van der Waals surface area contributed by atoms with Crippen molar-refractivity contribution in [1.29, 1.82) is 0 Å². The topological polar surface area (TPSA) is 127 Å². The van der Waals surface area contributed by atoms with Gasteiger partial charge in [-0.3, -0.25) is 9.52 Å². The molecule has 1 aromatic heterocycles. The summed E-state index contributed by atoms with van der Waals surface area (Å²) in [4.78, 5) is 31.9. The van der Waals surface area contributed by atoms with Gasteiger partial charge in [-0.2, -0.15) is 0 Å². The van der Waals surface area contributed by atoms with E-state index in [1.165, 1.54) is 37.5 Å². The quantitative estimate of drug-likeness (QED) is 0.401. The van der Waals surface area contributed by atoms with Crippen LogP contribution >= 0.6 is 0 Å². The van der Waals surface area contributed by atoms with Crippen molar-refractivity contribution in [3.05, 3.63) is 58.5 Å². The Labute approximate surface area is 192 Å². The summed E-state index contributed by atoms with van der Waals surface area (Å²) in [5.74, 6) is -0.0460. The molecule has 1 unspecified atom stereocenters. The van der Waals surface area contributed by atoms with Gasteiger partial charge in [-0.05, 0) is 62.2 Å². The molecule has 0 aliphatic carbocycles. The average molecular weight is 472 g/mol. The second-order valence-electron chi connectivity index (χ2n) is 8.61. The van der Waals surface area contributed by atoms with Crippen LogP contribution in [0.3, 0.4) is 0 Å². The van der Waals surface area contributed by atoms with Crippen LogP contribution in [0.1, 0.15) is 36.5 Å². The summed E-state index contributed by atoms with van der Waals surface area (Å²) < 4.78 is 28.4. The number of para-hydroxylation sites is 1. The van der Waals surface area contributed by atoms with E-state index in [1.54, 1.807) is 24.3 Å². The molecule has 1 atom stereocenters. The number of carbonyl (C=O) groups excluding carboxylic acids is 1. The van der Waals surface area contributed by atoms with E-state index in [-0.39, 0.29) is 28.0 Å². The number of fused-ring (bicyclic) bond motifs is 1. The van der Waals surface area contributed by atoms with Crippen LogP contribution in [0.4, 0.5) is 5.69 Å². The largest absolute Gasteiger partial charge is 0.352 e. The summed E-state index contributed by atoms with van der Waals surface area (Å²) in [6, 6.07) is 10.8. The van der Waals surface area contributed by atoms with Crippen LogP contribution in [0.5, 0.6) is 0 Å². The Morgan fingerprint density at radius 1 is 1.06 bits per heavy atom. The Morgan fingerprint density at radius 3 is 2.58 bits per heavy atom. The number of anilines is 1. The van der Waals surface area contributed by atoms with Crippen LogP contribution in [0.25, 0.3) is 11.0 Å². The lowest BCUT2D eigenvalue weighted by atomic mass is 10.1. The van der Waals surface area contributed by atoms with Gasteiger partial charge in [0.15, 0.2) is 0 Å². The zero-order chi connectivity index (χ0) is 23.4. The van der Waals surface area contributed by atoms with Crippen LogP contribution < -0.4 is 15.7 Å². The number of amides is 1. The number of H-pyrrole nitrogens is 2. The zero-order valence-corrected chi connectivity index (χ0v) is 19.4. The first kappa shape index (κ1) is 23.1. The normalized spacial score (nSPS) is 15.9. The smallest absolute Gasteiger partial charge is 0.323 e. The second kappa shape index (κ2) is 9.80. The molecule has 1 aliphatic rings. The standard InChI is InChI=1S/C23H29N5O4S/c1-16(15-28-11-5-2-6-12-28)14-24-22(29)18-7-3-4-8-19(18)27-33(31,32)17-9-10-20-21(13-17)26-23(30)25-20/h3-4,7-10,13,16,27H,2,5-6,11-12,14-15H2,1H3,(H,24,29)(H2,25,26,30). The van der Waals surface area contributed by atoms with E-state index in [1.807, 2.05) is 0 Å². The molecule has 0 bridgehead atoms. The van der Waals surface area contributed by atoms with Gasteiger partial charge in [0.05, 0.1) is 27.2 Å². The number of hydrogen-bond donors (Lipinski definition) is 4. The first-order valence-electron chi connectivity index (χ1n) is 11.2. The highest BCUT2D eigenvalue weighted by atomic mass is 32.2. The van der Waals surface area contributed by atoms with E-state index in [0.29, 0.717) is 17.6 Å². The number of benzene rings is 2. The Kier molecular flexibility index (Phi) is 6.85. The lowest BCUT2D eigenvalue weighted by Gasteiger charge is -2.29. The molecule has 0 saturated carbocycles. The summed E-state index contributed by atoms with van der Waals surface area (Å²) in [5, 5.41) is 2.94. The molecule has 4 N–H and O–H groups in total. The van der Waals surface area contributed by atoms with Crippen molar-refractivity contribution in [2.45, 2.75) is 31.1 Å². The van der Waals surface area contributed by atoms with Gasteiger partial charge in [-0.1, -0.05) is 25.5 Å². The minimum absolute atomic E-state index is 0.0179. The number of aromatic amines is 2. The number of imidazole rings is 1. The molecule has 3 aromatic rings.